The molecule has 0 fully saturated rings. The van der Waals surface area contributed by atoms with Crippen LogP contribution in [0.3, 0.4) is 0 Å². The molecule has 1 amide bonds. The molecule has 0 bridgehead atoms. The monoisotopic (exact) mass is 451 g/mol. The normalized spacial score (nSPS) is 20.0. The minimum atomic E-state index is -4.13. The molecule has 10 nitrogen and oxygen atoms in total. The van der Waals surface area contributed by atoms with Crippen LogP contribution in [0.5, 0.6) is 0 Å². The number of carbonyl (C=O) groups is 1. The van der Waals surface area contributed by atoms with Gasteiger partial charge in [0.15, 0.2) is 11.3 Å². The third-order valence-corrected chi connectivity index (χ3v) is 5.80. The highest BCUT2D eigenvalue weighted by atomic mass is 35.5. The Bertz CT molecular complexity index is 1210. The molecule has 29 heavy (non-hydrogen) atoms. The van der Waals surface area contributed by atoms with Crippen LogP contribution in [0.4, 0.5) is 5.69 Å². The Hall–Kier alpha value is -2.98. The van der Waals surface area contributed by atoms with Crippen LogP contribution in [-0.2, 0) is 20.4 Å². The second-order valence-corrected chi connectivity index (χ2v) is 8.37. The fourth-order valence-corrected chi connectivity index (χ4v) is 3.55. The van der Waals surface area contributed by atoms with Crippen LogP contribution in [0.25, 0.3) is 10.4 Å². The zero-order chi connectivity index (χ0) is 21.2. The Morgan fingerprint density at radius 1 is 1.17 bits per heavy atom. The lowest BCUT2D eigenvalue weighted by Gasteiger charge is -2.20. The van der Waals surface area contributed by atoms with Gasteiger partial charge in [0.05, 0.1) is 15.6 Å². The number of nitrogens with one attached hydrogen (secondary N) is 1. The van der Waals surface area contributed by atoms with Gasteiger partial charge in [0, 0.05) is 14.5 Å². The summed E-state index contributed by atoms with van der Waals surface area (Å²) in [6, 6.07) is 10.0. The van der Waals surface area contributed by atoms with Gasteiger partial charge in [-0.1, -0.05) is 35.3 Å². The van der Waals surface area contributed by atoms with E-state index in [-0.39, 0.29) is 10.6 Å². The quantitative estimate of drug-likeness (QED) is 0.304. The molecule has 1 heterocycles. The van der Waals surface area contributed by atoms with E-state index in [1.807, 2.05) is 0 Å². The van der Waals surface area contributed by atoms with Crippen molar-refractivity contribution in [3.8, 4) is 0 Å². The van der Waals surface area contributed by atoms with Crippen LogP contribution in [0.15, 0.2) is 67.2 Å². The SMILES string of the molecule is CC1(c2ccc(S(=O)(=O)N=[N+]=[N-])cc2)N=NC(=O)C1=NNc1cc(Cl)ccc1Cl. The number of rotatable bonds is 5. The van der Waals surface area contributed by atoms with E-state index in [1.54, 1.807) is 19.1 Å². The molecule has 0 aromatic heterocycles. The second kappa shape index (κ2) is 7.80. The number of amides is 1. The summed E-state index contributed by atoms with van der Waals surface area (Å²) in [6.07, 6.45) is 0. The van der Waals surface area contributed by atoms with Gasteiger partial charge in [0.1, 0.15) is 0 Å². The van der Waals surface area contributed by atoms with Crippen molar-refractivity contribution in [3.05, 3.63) is 68.5 Å². The number of carbonyl (C=O) groups excluding carboxylic acids is 1. The number of sulfonamides is 1. The van der Waals surface area contributed by atoms with Crippen LogP contribution >= 0.6 is 23.2 Å². The van der Waals surface area contributed by atoms with Crippen molar-refractivity contribution in [1.29, 1.82) is 0 Å². The number of azide groups is 1. The standard InChI is InChI=1S/C16H11Cl2N7O3S/c1-16(9-2-5-11(6-3-9)29(27,28)25-24-19)14(15(26)22-23-16)21-20-13-8-10(17)4-7-12(13)18/h2-8,20H,1H3. The summed E-state index contributed by atoms with van der Waals surface area (Å²) in [7, 11) is -4.13. The molecule has 0 saturated heterocycles. The molecular weight excluding hydrogens is 441 g/mol. The molecule has 2 aromatic carbocycles. The van der Waals surface area contributed by atoms with E-state index in [4.69, 9.17) is 28.7 Å². The maximum absolute atomic E-state index is 12.2. The average Bonchev–Trinajstić information content (AvgIpc) is 2.98. The molecule has 0 spiro atoms. The summed E-state index contributed by atoms with van der Waals surface area (Å²) in [6.45, 7) is 1.60. The van der Waals surface area contributed by atoms with Gasteiger partial charge in [-0.2, -0.15) is 10.2 Å². The minimum Gasteiger partial charge on any atom is -0.276 e. The summed E-state index contributed by atoms with van der Waals surface area (Å²) in [5.74, 6) is -0.663. The van der Waals surface area contributed by atoms with Crippen molar-refractivity contribution in [2.45, 2.75) is 17.4 Å². The molecular formula is C16H11Cl2N7O3S. The summed E-state index contributed by atoms with van der Waals surface area (Å²) in [5, 5.41) is 12.4. The van der Waals surface area contributed by atoms with Crippen LogP contribution in [-0.4, -0.2) is 20.0 Å². The number of nitrogens with zero attached hydrogens (tertiary/aromatic N) is 6. The number of hydrazone groups is 1. The maximum atomic E-state index is 12.2. The molecule has 3 rings (SSSR count). The number of benzene rings is 2. The number of anilines is 1. The molecule has 2 aromatic rings. The fraction of sp³-hybridized carbons (Fsp3) is 0.125. The smallest absolute Gasteiger partial charge is 0.276 e. The van der Waals surface area contributed by atoms with Gasteiger partial charge in [0.25, 0.3) is 10.0 Å². The predicted octanol–water partition coefficient (Wildman–Crippen LogP) is 4.67. The molecule has 0 aliphatic carbocycles. The third kappa shape index (κ3) is 4.08. The molecule has 0 radical (unpaired) electrons. The third-order valence-electron chi connectivity index (χ3n) is 4.08. The van der Waals surface area contributed by atoms with Gasteiger partial charge in [-0.3, -0.25) is 10.2 Å². The highest BCUT2D eigenvalue weighted by Crippen LogP contribution is 2.34. The van der Waals surface area contributed by atoms with Crippen molar-refractivity contribution in [2.75, 3.05) is 5.43 Å². The molecule has 1 aliphatic rings. The first kappa shape index (κ1) is 20.7. The van der Waals surface area contributed by atoms with E-state index in [9.17, 15) is 13.2 Å². The van der Waals surface area contributed by atoms with E-state index in [0.717, 1.165) is 0 Å². The number of halogens is 2. The molecule has 1 atom stereocenters. The van der Waals surface area contributed by atoms with E-state index in [2.05, 4.69) is 30.2 Å². The molecule has 1 unspecified atom stereocenters. The highest BCUT2D eigenvalue weighted by molar-refractivity contribution is 7.90. The van der Waals surface area contributed by atoms with Crippen molar-refractivity contribution in [1.82, 2.24) is 0 Å². The van der Waals surface area contributed by atoms with Gasteiger partial charge in [-0.25, -0.2) is 8.42 Å². The van der Waals surface area contributed by atoms with Crippen molar-refractivity contribution >= 4 is 50.5 Å². The van der Waals surface area contributed by atoms with Gasteiger partial charge in [-0.15, -0.1) is 5.11 Å². The Morgan fingerprint density at radius 2 is 1.86 bits per heavy atom. The second-order valence-electron chi connectivity index (χ2n) is 5.94. The van der Waals surface area contributed by atoms with Crippen molar-refractivity contribution < 1.29 is 13.2 Å². The van der Waals surface area contributed by atoms with Crippen molar-refractivity contribution in [2.24, 2.45) is 19.8 Å². The first-order valence-corrected chi connectivity index (χ1v) is 10.1. The van der Waals surface area contributed by atoms with Crippen LogP contribution in [0, 0.1) is 0 Å². The topological polar surface area (TPSA) is 149 Å². The summed E-state index contributed by atoms with van der Waals surface area (Å²) in [4.78, 5) is 14.3. The molecule has 148 valence electrons. The molecule has 1 N–H and O–H groups in total. The van der Waals surface area contributed by atoms with E-state index >= 15 is 0 Å². The number of hydrogen-bond acceptors (Lipinski definition) is 6. The summed E-state index contributed by atoms with van der Waals surface area (Å²) in [5.41, 5.74) is 10.6. The van der Waals surface area contributed by atoms with Gasteiger partial charge < -0.3 is 0 Å². The molecule has 0 saturated carbocycles. The average molecular weight is 452 g/mol. The van der Waals surface area contributed by atoms with Gasteiger partial charge >= 0.3 is 5.91 Å². The van der Waals surface area contributed by atoms with Crippen LogP contribution < -0.4 is 5.43 Å². The summed E-state index contributed by atoms with van der Waals surface area (Å²) >= 11 is 12.0. The zero-order valence-electron chi connectivity index (χ0n) is 14.6. The Morgan fingerprint density at radius 3 is 2.52 bits per heavy atom. The van der Waals surface area contributed by atoms with Gasteiger partial charge in [-0.05, 0) is 48.4 Å². The molecule has 13 heteroatoms. The first-order valence-electron chi connectivity index (χ1n) is 7.86. The lowest BCUT2D eigenvalue weighted by Crippen LogP contribution is -2.31. The summed E-state index contributed by atoms with van der Waals surface area (Å²) < 4.78 is 26.4. The molecule has 1 aliphatic heterocycles. The van der Waals surface area contributed by atoms with Crippen LogP contribution in [0.1, 0.15) is 12.5 Å². The number of hydrogen-bond donors (Lipinski definition) is 1. The largest absolute Gasteiger partial charge is 0.314 e. The van der Waals surface area contributed by atoms with E-state index in [1.165, 1.54) is 30.3 Å². The minimum absolute atomic E-state index is 0.0285. The van der Waals surface area contributed by atoms with E-state index in [0.29, 0.717) is 21.3 Å². The van der Waals surface area contributed by atoms with Crippen LogP contribution in [0.2, 0.25) is 10.0 Å². The predicted molar refractivity (Wildman–Crippen MR) is 108 cm³/mol. The Kier molecular flexibility index (Phi) is 5.58. The highest BCUT2D eigenvalue weighted by Gasteiger charge is 2.43. The zero-order valence-corrected chi connectivity index (χ0v) is 16.9. The fourth-order valence-electron chi connectivity index (χ4n) is 2.55. The Labute approximate surface area is 174 Å². The number of azo groups is 1. The lowest BCUT2D eigenvalue weighted by molar-refractivity contribution is -0.111. The lowest BCUT2D eigenvalue weighted by atomic mass is 9.88. The first-order chi connectivity index (χ1) is 13.7. The van der Waals surface area contributed by atoms with E-state index < -0.39 is 21.5 Å². The maximum Gasteiger partial charge on any atom is 0.314 e. The van der Waals surface area contributed by atoms with Gasteiger partial charge in [0.2, 0.25) is 0 Å². The van der Waals surface area contributed by atoms with Crippen molar-refractivity contribution in [3.63, 3.8) is 0 Å². The Balaban J connectivity index is 1.97.